The molecule has 1 unspecified atom stereocenters. The minimum absolute atomic E-state index is 0.323. The van der Waals surface area contributed by atoms with Crippen LogP contribution in [0, 0.1) is 17.4 Å². The molecule has 2 aromatic carbocycles. The molecule has 18 heavy (non-hydrogen) atoms. The summed E-state index contributed by atoms with van der Waals surface area (Å²) in [5.74, 6) is 0. The fraction of sp³-hybridized carbons (Fsp3) is 0.250. The number of benzene rings is 2. The van der Waals surface area contributed by atoms with Crippen LogP contribution in [0.15, 0.2) is 42.5 Å². The maximum Gasteiger partial charge on any atom is 0.0485 e. The van der Waals surface area contributed by atoms with Crippen LogP contribution in [0.2, 0.25) is 0 Å². The lowest BCUT2D eigenvalue weighted by Gasteiger charge is -2.18. The van der Waals surface area contributed by atoms with Gasteiger partial charge in [0.25, 0.3) is 0 Å². The standard InChI is InChI=1S/C16H18IN/c1-11-4-6-14(7-5-11)13(3)18-16-9-8-15(17)10-12(16)2/h4-10,13,18H,1-3H3. The third-order valence-corrected chi connectivity index (χ3v) is 3.81. The lowest BCUT2D eigenvalue weighted by Crippen LogP contribution is -2.07. The Hall–Kier alpha value is -1.03. The molecule has 0 heterocycles. The van der Waals surface area contributed by atoms with Gasteiger partial charge < -0.3 is 5.32 Å². The van der Waals surface area contributed by atoms with Crippen LogP contribution in [-0.2, 0) is 0 Å². The van der Waals surface area contributed by atoms with Gasteiger partial charge in [0, 0.05) is 15.3 Å². The molecule has 0 bridgehead atoms. The summed E-state index contributed by atoms with van der Waals surface area (Å²) in [5, 5.41) is 3.57. The predicted octanol–water partition coefficient (Wildman–Crippen LogP) is 5.08. The second-order valence-corrected chi connectivity index (χ2v) is 5.98. The molecular formula is C16H18IN. The number of anilines is 1. The fourth-order valence-corrected chi connectivity index (χ4v) is 2.61. The zero-order valence-corrected chi connectivity index (χ0v) is 13.2. The first-order chi connectivity index (χ1) is 8.56. The van der Waals surface area contributed by atoms with E-state index >= 15 is 0 Å². The van der Waals surface area contributed by atoms with Crippen LogP contribution in [0.5, 0.6) is 0 Å². The molecule has 0 aliphatic carbocycles. The van der Waals surface area contributed by atoms with Crippen LogP contribution in [-0.4, -0.2) is 0 Å². The SMILES string of the molecule is Cc1ccc(C(C)Nc2ccc(I)cc2C)cc1. The summed E-state index contributed by atoms with van der Waals surface area (Å²) >= 11 is 2.34. The van der Waals surface area contributed by atoms with Crippen molar-refractivity contribution in [1.82, 2.24) is 0 Å². The largest absolute Gasteiger partial charge is 0.378 e. The summed E-state index contributed by atoms with van der Waals surface area (Å²) in [7, 11) is 0. The molecule has 1 atom stereocenters. The molecule has 0 saturated carbocycles. The van der Waals surface area contributed by atoms with Crippen LogP contribution in [0.4, 0.5) is 5.69 Å². The predicted molar refractivity (Wildman–Crippen MR) is 87.1 cm³/mol. The Bertz CT molecular complexity index is 531. The minimum atomic E-state index is 0.323. The topological polar surface area (TPSA) is 12.0 Å². The molecule has 94 valence electrons. The molecule has 0 fully saturated rings. The van der Waals surface area contributed by atoms with E-state index in [1.54, 1.807) is 0 Å². The average molecular weight is 351 g/mol. The first-order valence-electron chi connectivity index (χ1n) is 6.15. The Balaban J connectivity index is 2.15. The number of halogens is 1. The summed E-state index contributed by atoms with van der Waals surface area (Å²) in [6.45, 7) is 6.46. The van der Waals surface area contributed by atoms with Gasteiger partial charge in [0.1, 0.15) is 0 Å². The Labute approximate surface area is 123 Å². The van der Waals surface area contributed by atoms with Crippen LogP contribution in [0.25, 0.3) is 0 Å². The monoisotopic (exact) mass is 351 g/mol. The van der Waals surface area contributed by atoms with Gasteiger partial charge in [0.05, 0.1) is 0 Å². The zero-order valence-electron chi connectivity index (χ0n) is 11.0. The highest BCUT2D eigenvalue weighted by molar-refractivity contribution is 14.1. The van der Waals surface area contributed by atoms with Gasteiger partial charge in [-0.25, -0.2) is 0 Å². The highest BCUT2D eigenvalue weighted by Crippen LogP contribution is 2.23. The molecule has 0 aromatic heterocycles. The third-order valence-electron chi connectivity index (χ3n) is 3.14. The number of aryl methyl sites for hydroxylation is 2. The van der Waals surface area contributed by atoms with E-state index in [0.29, 0.717) is 6.04 Å². The van der Waals surface area contributed by atoms with Crippen molar-refractivity contribution in [2.24, 2.45) is 0 Å². The average Bonchev–Trinajstić information content (AvgIpc) is 2.33. The van der Waals surface area contributed by atoms with Crippen molar-refractivity contribution in [2.75, 3.05) is 5.32 Å². The van der Waals surface area contributed by atoms with Crippen molar-refractivity contribution in [3.63, 3.8) is 0 Å². The summed E-state index contributed by atoms with van der Waals surface area (Å²) in [4.78, 5) is 0. The molecule has 0 aliphatic heterocycles. The number of hydrogen-bond donors (Lipinski definition) is 1. The molecule has 0 aliphatic rings. The highest BCUT2D eigenvalue weighted by atomic mass is 127. The van der Waals surface area contributed by atoms with E-state index in [1.165, 1.54) is 25.9 Å². The lowest BCUT2D eigenvalue weighted by atomic mass is 10.1. The molecular weight excluding hydrogens is 333 g/mol. The molecule has 2 aromatic rings. The van der Waals surface area contributed by atoms with Gasteiger partial charge in [-0.2, -0.15) is 0 Å². The molecule has 2 rings (SSSR count). The lowest BCUT2D eigenvalue weighted by molar-refractivity contribution is 0.882. The molecule has 1 N–H and O–H groups in total. The summed E-state index contributed by atoms with van der Waals surface area (Å²) in [6, 6.07) is 15.5. The maximum absolute atomic E-state index is 3.57. The van der Waals surface area contributed by atoms with Gasteiger partial charge >= 0.3 is 0 Å². The van der Waals surface area contributed by atoms with Crippen LogP contribution < -0.4 is 5.32 Å². The second kappa shape index (κ2) is 5.74. The van der Waals surface area contributed by atoms with Gasteiger partial charge in [0.2, 0.25) is 0 Å². The second-order valence-electron chi connectivity index (χ2n) is 4.74. The van der Waals surface area contributed by atoms with Crippen molar-refractivity contribution in [2.45, 2.75) is 26.8 Å². The van der Waals surface area contributed by atoms with E-state index < -0.39 is 0 Å². The van der Waals surface area contributed by atoms with Crippen molar-refractivity contribution in [3.8, 4) is 0 Å². The van der Waals surface area contributed by atoms with E-state index in [1.807, 2.05) is 0 Å². The zero-order chi connectivity index (χ0) is 13.1. The van der Waals surface area contributed by atoms with Crippen LogP contribution in [0.3, 0.4) is 0 Å². The van der Waals surface area contributed by atoms with E-state index in [0.717, 1.165) is 0 Å². The van der Waals surface area contributed by atoms with Gasteiger partial charge in [-0.1, -0.05) is 29.8 Å². The normalized spacial score (nSPS) is 12.2. The molecule has 0 radical (unpaired) electrons. The number of nitrogens with one attached hydrogen (secondary N) is 1. The maximum atomic E-state index is 3.57. The highest BCUT2D eigenvalue weighted by Gasteiger charge is 2.06. The van der Waals surface area contributed by atoms with Crippen LogP contribution in [0.1, 0.15) is 29.7 Å². The van der Waals surface area contributed by atoms with E-state index in [-0.39, 0.29) is 0 Å². The smallest absolute Gasteiger partial charge is 0.0485 e. The summed E-state index contributed by atoms with van der Waals surface area (Å²) in [5.41, 5.74) is 5.12. The summed E-state index contributed by atoms with van der Waals surface area (Å²) in [6.07, 6.45) is 0. The quantitative estimate of drug-likeness (QED) is 0.761. The molecule has 0 saturated heterocycles. The third kappa shape index (κ3) is 3.25. The molecule has 2 heteroatoms. The van der Waals surface area contributed by atoms with Crippen molar-refractivity contribution in [3.05, 3.63) is 62.7 Å². The first-order valence-corrected chi connectivity index (χ1v) is 7.23. The van der Waals surface area contributed by atoms with Gasteiger partial charge in [-0.3, -0.25) is 0 Å². The van der Waals surface area contributed by atoms with Crippen molar-refractivity contribution in [1.29, 1.82) is 0 Å². The summed E-state index contributed by atoms with van der Waals surface area (Å²) < 4.78 is 1.28. The fourth-order valence-electron chi connectivity index (χ4n) is 1.96. The first kappa shape index (κ1) is 13.4. The van der Waals surface area contributed by atoms with Gasteiger partial charge in [-0.05, 0) is 72.7 Å². The Morgan fingerprint density at radius 1 is 1.00 bits per heavy atom. The Morgan fingerprint density at radius 2 is 1.67 bits per heavy atom. The van der Waals surface area contributed by atoms with E-state index in [2.05, 4.69) is 91.1 Å². The number of hydrogen-bond acceptors (Lipinski definition) is 1. The minimum Gasteiger partial charge on any atom is -0.378 e. The van der Waals surface area contributed by atoms with Crippen molar-refractivity contribution < 1.29 is 0 Å². The van der Waals surface area contributed by atoms with Crippen LogP contribution >= 0.6 is 22.6 Å². The van der Waals surface area contributed by atoms with Gasteiger partial charge in [0.15, 0.2) is 0 Å². The van der Waals surface area contributed by atoms with E-state index in [4.69, 9.17) is 0 Å². The molecule has 0 amide bonds. The van der Waals surface area contributed by atoms with E-state index in [9.17, 15) is 0 Å². The molecule has 0 spiro atoms. The number of rotatable bonds is 3. The van der Waals surface area contributed by atoms with Crippen molar-refractivity contribution >= 4 is 28.3 Å². The molecule has 1 nitrogen and oxygen atoms in total. The van der Waals surface area contributed by atoms with Gasteiger partial charge in [-0.15, -0.1) is 0 Å². The Kier molecular flexibility index (Phi) is 4.27. The Morgan fingerprint density at radius 3 is 2.28 bits per heavy atom.